The molecule has 1 N–H and O–H groups in total. The van der Waals surface area contributed by atoms with Gasteiger partial charge in [-0.1, -0.05) is 41.1 Å². The molecule has 0 atom stereocenters. The van der Waals surface area contributed by atoms with Gasteiger partial charge >= 0.3 is 0 Å². The predicted molar refractivity (Wildman–Crippen MR) is 98.8 cm³/mol. The average Bonchev–Trinajstić information content (AvgIpc) is 3.10. The van der Waals surface area contributed by atoms with Crippen molar-refractivity contribution in [1.82, 2.24) is 25.5 Å². The molecule has 1 heterocycles. The molecule has 7 heteroatoms. The zero-order valence-electron chi connectivity index (χ0n) is 14.4. The molecular weight excluding hydrogens is 334 g/mol. The number of nitrogens with one attached hydrogen (secondary N) is 1. The average molecular weight is 357 g/mol. The topological polar surface area (TPSA) is 72.7 Å². The van der Waals surface area contributed by atoms with Crippen molar-refractivity contribution in [3.8, 4) is 5.69 Å². The van der Waals surface area contributed by atoms with E-state index in [4.69, 9.17) is 0 Å². The van der Waals surface area contributed by atoms with Gasteiger partial charge in [0.1, 0.15) is 0 Å². The minimum atomic E-state index is 0.0138. The van der Waals surface area contributed by atoms with Crippen molar-refractivity contribution in [2.45, 2.75) is 44.2 Å². The molecule has 0 bridgehead atoms. The van der Waals surface area contributed by atoms with Gasteiger partial charge in [0.15, 0.2) is 0 Å². The lowest BCUT2D eigenvalue weighted by molar-refractivity contribution is -0.118. The smallest absolute Gasteiger partial charge is 0.230 e. The summed E-state index contributed by atoms with van der Waals surface area (Å²) in [4.78, 5) is 12.0. The first-order valence-electron chi connectivity index (χ1n) is 8.65. The van der Waals surface area contributed by atoms with Crippen LogP contribution in [0.25, 0.3) is 5.69 Å². The number of amides is 1. The van der Waals surface area contributed by atoms with E-state index in [1.54, 1.807) is 4.68 Å². The Morgan fingerprint density at radius 3 is 2.88 bits per heavy atom. The van der Waals surface area contributed by atoms with Crippen molar-refractivity contribution in [2.24, 2.45) is 0 Å². The molecule has 132 valence electrons. The quantitative estimate of drug-likeness (QED) is 0.609. The molecule has 3 rings (SSSR count). The fourth-order valence-corrected chi connectivity index (χ4v) is 3.51. The van der Waals surface area contributed by atoms with Gasteiger partial charge in [0, 0.05) is 6.54 Å². The summed E-state index contributed by atoms with van der Waals surface area (Å²) in [7, 11) is 0. The molecule has 0 saturated carbocycles. The lowest BCUT2D eigenvalue weighted by Gasteiger charge is -2.12. The molecule has 0 aliphatic heterocycles. The summed E-state index contributed by atoms with van der Waals surface area (Å²) in [5.41, 5.74) is 3.55. The molecule has 0 saturated heterocycles. The summed E-state index contributed by atoms with van der Waals surface area (Å²) in [5, 5.41) is 15.4. The molecule has 1 amide bonds. The second-order valence-corrected chi connectivity index (χ2v) is 7.15. The van der Waals surface area contributed by atoms with Crippen molar-refractivity contribution in [3.63, 3.8) is 0 Å². The third kappa shape index (κ3) is 5.16. The molecule has 1 aromatic heterocycles. The Morgan fingerprint density at radius 2 is 2.12 bits per heavy atom. The zero-order chi connectivity index (χ0) is 17.5. The third-order valence-electron chi connectivity index (χ3n) is 4.21. The van der Waals surface area contributed by atoms with Gasteiger partial charge in [-0.3, -0.25) is 4.79 Å². The fourth-order valence-electron chi connectivity index (χ4n) is 2.79. The lowest BCUT2D eigenvalue weighted by atomic mass is 9.97. The number of thioether (sulfide) groups is 1. The maximum atomic E-state index is 12.0. The maximum absolute atomic E-state index is 12.0. The minimum absolute atomic E-state index is 0.0138. The SMILES string of the molecule is Cc1ccc(-n2nnnc2SCC(=O)NCCC2=CCCCC2)cc1. The van der Waals surface area contributed by atoms with E-state index in [-0.39, 0.29) is 5.91 Å². The van der Waals surface area contributed by atoms with Crippen LogP contribution in [0.4, 0.5) is 0 Å². The van der Waals surface area contributed by atoms with Gasteiger partial charge in [0.25, 0.3) is 0 Å². The van der Waals surface area contributed by atoms with Crippen LogP contribution in [0.15, 0.2) is 41.1 Å². The highest BCUT2D eigenvalue weighted by Crippen LogP contribution is 2.20. The number of nitrogens with zero attached hydrogens (tertiary/aromatic N) is 4. The lowest BCUT2D eigenvalue weighted by Crippen LogP contribution is -2.26. The van der Waals surface area contributed by atoms with Crippen molar-refractivity contribution in [1.29, 1.82) is 0 Å². The largest absolute Gasteiger partial charge is 0.355 e. The van der Waals surface area contributed by atoms with Gasteiger partial charge in [-0.15, -0.1) is 5.10 Å². The number of carbonyl (C=O) groups excluding carboxylic acids is 1. The van der Waals surface area contributed by atoms with Gasteiger partial charge in [0.05, 0.1) is 11.4 Å². The maximum Gasteiger partial charge on any atom is 0.230 e. The van der Waals surface area contributed by atoms with Gasteiger partial charge in [-0.05, 0) is 61.6 Å². The molecule has 1 aromatic carbocycles. The Hall–Kier alpha value is -2.15. The molecule has 2 aromatic rings. The van der Waals surface area contributed by atoms with E-state index in [9.17, 15) is 4.79 Å². The highest BCUT2D eigenvalue weighted by atomic mass is 32.2. The molecule has 0 unspecified atom stereocenters. The number of rotatable bonds is 7. The third-order valence-corrected chi connectivity index (χ3v) is 5.12. The summed E-state index contributed by atoms with van der Waals surface area (Å²) in [6, 6.07) is 7.96. The summed E-state index contributed by atoms with van der Waals surface area (Å²) in [6.07, 6.45) is 8.20. The molecule has 1 aliphatic carbocycles. The number of hydrogen-bond donors (Lipinski definition) is 1. The van der Waals surface area contributed by atoms with Crippen molar-refractivity contribution in [2.75, 3.05) is 12.3 Å². The molecular formula is C18H23N5OS. The fraction of sp³-hybridized carbons (Fsp3) is 0.444. The molecule has 6 nitrogen and oxygen atoms in total. The first-order valence-corrected chi connectivity index (χ1v) is 9.64. The minimum Gasteiger partial charge on any atom is -0.355 e. The Labute approximate surface area is 152 Å². The Bertz CT molecular complexity index is 738. The van der Waals surface area contributed by atoms with Crippen LogP contribution in [0.1, 0.15) is 37.7 Å². The van der Waals surface area contributed by atoms with Gasteiger partial charge < -0.3 is 5.32 Å². The number of carbonyl (C=O) groups is 1. The van der Waals surface area contributed by atoms with E-state index in [1.807, 2.05) is 31.2 Å². The zero-order valence-corrected chi connectivity index (χ0v) is 15.3. The molecule has 25 heavy (non-hydrogen) atoms. The molecule has 0 spiro atoms. The van der Waals surface area contributed by atoms with Crippen LogP contribution in [0.2, 0.25) is 0 Å². The number of aryl methyl sites for hydroxylation is 1. The van der Waals surface area contributed by atoms with Crippen LogP contribution in [0.5, 0.6) is 0 Å². The summed E-state index contributed by atoms with van der Waals surface area (Å²) >= 11 is 1.35. The Balaban J connectivity index is 1.47. The summed E-state index contributed by atoms with van der Waals surface area (Å²) in [6.45, 7) is 2.74. The van der Waals surface area contributed by atoms with Crippen molar-refractivity contribution < 1.29 is 4.79 Å². The van der Waals surface area contributed by atoms with Crippen LogP contribution in [0.3, 0.4) is 0 Å². The van der Waals surface area contributed by atoms with E-state index >= 15 is 0 Å². The molecule has 0 fully saturated rings. The Morgan fingerprint density at radius 1 is 1.28 bits per heavy atom. The highest BCUT2D eigenvalue weighted by Gasteiger charge is 2.11. The first kappa shape index (κ1) is 17.7. The van der Waals surface area contributed by atoms with Crippen LogP contribution in [0, 0.1) is 6.92 Å². The second-order valence-electron chi connectivity index (χ2n) is 6.21. The molecule has 1 aliphatic rings. The van der Waals surface area contributed by atoms with Crippen LogP contribution < -0.4 is 5.32 Å². The van der Waals surface area contributed by atoms with E-state index in [0.29, 0.717) is 17.5 Å². The van der Waals surface area contributed by atoms with Crippen molar-refractivity contribution >= 4 is 17.7 Å². The van der Waals surface area contributed by atoms with Crippen LogP contribution in [-0.2, 0) is 4.79 Å². The van der Waals surface area contributed by atoms with E-state index in [0.717, 1.165) is 12.1 Å². The normalized spacial score (nSPS) is 14.2. The predicted octanol–water partition coefficient (Wildman–Crippen LogP) is 3.07. The monoisotopic (exact) mass is 357 g/mol. The number of aromatic nitrogens is 4. The number of allylic oxidation sites excluding steroid dienone is 1. The van der Waals surface area contributed by atoms with E-state index in [1.165, 1.54) is 48.6 Å². The van der Waals surface area contributed by atoms with Crippen LogP contribution >= 0.6 is 11.8 Å². The number of hydrogen-bond acceptors (Lipinski definition) is 5. The van der Waals surface area contributed by atoms with Gasteiger partial charge in [-0.25, -0.2) is 0 Å². The highest BCUT2D eigenvalue weighted by molar-refractivity contribution is 7.99. The van der Waals surface area contributed by atoms with Gasteiger partial charge in [0.2, 0.25) is 11.1 Å². The van der Waals surface area contributed by atoms with Gasteiger partial charge in [-0.2, -0.15) is 4.68 Å². The summed E-state index contributed by atoms with van der Waals surface area (Å²) < 4.78 is 1.66. The van der Waals surface area contributed by atoms with E-state index < -0.39 is 0 Å². The second kappa shape index (κ2) is 8.80. The molecule has 0 radical (unpaired) electrons. The number of benzene rings is 1. The standard InChI is InChI=1S/C18H23N5OS/c1-14-7-9-16(10-8-14)23-18(20-21-22-23)25-13-17(24)19-12-11-15-5-3-2-4-6-15/h5,7-10H,2-4,6,11-13H2,1H3,(H,19,24). The first-order chi connectivity index (χ1) is 12.2. The Kier molecular flexibility index (Phi) is 6.22. The van der Waals surface area contributed by atoms with Crippen molar-refractivity contribution in [3.05, 3.63) is 41.5 Å². The number of tetrazole rings is 1. The van der Waals surface area contributed by atoms with Crippen LogP contribution in [-0.4, -0.2) is 38.4 Å². The van der Waals surface area contributed by atoms with E-state index in [2.05, 4.69) is 26.9 Å². The summed E-state index contributed by atoms with van der Waals surface area (Å²) in [5.74, 6) is 0.325.